The van der Waals surface area contributed by atoms with E-state index < -0.39 is 0 Å². The van der Waals surface area contributed by atoms with Crippen LogP contribution in [0.25, 0.3) is 10.9 Å². The number of ether oxygens (including phenoxy) is 2. The van der Waals surface area contributed by atoms with Crippen molar-refractivity contribution >= 4 is 22.5 Å². The molecule has 0 spiro atoms. The number of fused-ring (bicyclic) bond motifs is 1. The van der Waals surface area contributed by atoms with E-state index in [1.165, 1.54) is 0 Å². The van der Waals surface area contributed by atoms with E-state index in [1.807, 2.05) is 36.4 Å². The van der Waals surface area contributed by atoms with Gasteiger partial charge < -0.3 is 14.8 Å². The summed E-state index contributed by atoms with van der Waals surface area (Å²) in [6.07, 6.45) is 0. The van der Waals surface area contributed by atoms with Crippen LogP contribution in [0.4, 0.5) is 5.69 Å². The number of amides is 1. The molecule has 1 N–H and O–H groups in total. The molecule has 0 radical (unpaired) electrons. The van der Waals surface area contributed by atoms with Gasteiger partial charge in [0.25, 0.3) is 5.91 Å². The number of rotatable bonds is 4. The molecule has 23 heavy (non-hydrogen) atoms. The number of hydrogen-bond acceptors (Lipinski definition) is 4. The van der Waals surface area contributed by atoms with Crippen molar-refractivity contribution in [3.63, 3.8) is 0 Å². The first kappa shape index (κ1) is 14.8. The zero-order chi connectivity index (χ0) is 16.2. The van der Waals surface area contributed by atoms with E-state index in [0.717, 1.165) is 16.7 Å². The van der Waals surface area contributed by atoms with E-state index in [4.69, 9.17) is 9.47 Å². The number of nitrogens with one attached hydrogen (secondary N) is 1. The summed E-state index contributed by atoms with van der Waals surface area (Å²) < 4.78 is 10.3. The topological polar surface area (TPSA) is 60.5 Å². The second-order valence-corrected chi connectivity index (χ2v) is 4.94. The third kappa shape index (κ3) is 3.23. The van der Waals surface area contributed by atoms with Gasteiger partial charge in [0.1, 0.15) is 17.2 Å². The van der Waals surface area contributed by atoms with E-state index in [2.05, 4.69) is 10.3 Å². The summed E-state index contributed by atoms with van der Waals surface area (Å²) in [5, 5.41) is 3.73. The maximum atomic E-state index is 12.3. The predicted molar refractivity (Wildman–Crippen MR) is 89.2 cm³/mol. The first-order chi connectivity index (χ1) is 11.2. The van der Waals surface area contributed by atoms with Crippen LogP contribution in [0.2, 0.25) is 0 Å². The highest BCUT2D eigenvalue weighted by Gasteiger charge is 2.09. The van der Waals surface area contributed by atoms with Crippen molar-refractivity contribution in [1.82, 2.24) is 4.98 Å². The lowest BCUT2D eigenvalue weighted by atomic mass is 10.2. The molecule has 5 heteroatoms. The van der Waals surface area contributed by atoms with E-state index in [0.29, 0.717) is 17.1 Å². The minimum atomic E-state index is -0.268. The van der Waals surface area contributed by atoms with Crippen LogP contribution in [0.15, 0.2) is 54.6 Å². The Kier molecular flexibility index (Phi) is 4.10. The molecule has 116 valence electrons. The summed E-state index contributed by atoms with van der Waals surface area (Å²) in [6, 6.07) is 16.3. The highest BCUT2D eigenvalue weighted by molar-refractivity contribution is 6.04. The normalized spacial score (nSPS) is 10.3. The highest BCUT2D eigenvalue weighted by atomic mass is 16.5. The lowest BCUT2D eigenvalue weighted by molar-refractivity contribution is 0.102. The molecule has 1 aromatic heterocycles. The molecule has 3 aromatic rings. The van der Waals surface area contributed by atoms with Crippen molar-refractivity contribution < 1.29 is 14.3 Å². The van der Waals surface area contributed by atoms with Crippen LogP contribution in [0.1, 0.15) is 10.5 Å². The summed E-state index contributed by atoms with van der Waals surface area (Å²) >= 11 is 0. The Morgan fingerprint density at radius 1 is 0.957 bits per heavy atom. The number of hydrogen-bond donors (Lipinski definition) is 1. The zero-order valence-corrected chi connectivity index (χ0v) is 12.9. The highest BCUT2D eigenvalue weighted by Crippen LogP contribution is 2.21. The van der Waals surface area contributed by atoms with Crippen LogP contribution in [-0.4, -0.2) is 25.1 Å². The van der Waals surface area contributed by atoms with E-state index in [1.54, 1.807) is 32.4 Å². The number of carbonyl (C=O) groups excluding carboxylic acids is 1. The molecule has 1 heterocycles. The van der Waals surface area contributed by atoms with Crippen LogP contribution < -0.4 is 14.8 Å². The van der Waals surface area contributed by atoms with Crippen LogP contribution in [0.3, 0.4) is 0 Å². The van der Waals surface area contributed by atoms with Crippen molar-refractivity contribution in [3.05, 3.63) is 60.3 Å². The number of anilines is 1. The molecule has 0 aliphatic heterocycles. The summed E-state index contributed by atoms with van der Waals surface area (Å²) in [5.41, 5.74) is 1.75. The van der Waals surface area contributed by atoms with Gasteiger partial charge in [-0.05, 0) is 36.4 Å². The SMILES string of the molecule is COc1cccc(NC(=O)c2ccc3cc(OC)ccc3n2)c1. The smallest absolute Gasteiger partial charge is 0.274 e. The molecule has 0 aliphatic carbocycles. The summed E-state index contributed by atoms with van der Waals surface area (Å²) in [5.74, 6) is 1.17. The number of aromatic nitrogens is 1. The predicted octanol–water partition coefficient (Wildman–Crippen LogP) is 3.50. The number of methoxy groups -OCH3 is 2. The number of carbonyl (C=O) groups is 1. The van der Waals surface area contributed by atoms with Gasteiger partial charge in [0.05, 0.1) is 19.7 Å². The first-order valence-corrected chi connectivity index (χ1v) is 7.10. The fourth-order valence-electron chi connectivity index (χ4n) is 2.25. The van der Waals surface area contributed by atoms with Crippen LogP contribution in [-0.2, 0) is 0 Å². The van der Waals surface area contributed by atoms with Gasteiger partial charge >= 0.3 is 0 Å². The largest absolute Gasteiger partial charge is 0.497 e. The molecule has 0 saturated heterocycles. The lowest BCUT2D eigenvalue weighted by Crippen LogP contribution is -2.13. The number of nitrogens with zero attached hydrogens (tertiary/aromatic N) is 1. The second-order valence-electron chi connectivity index (χ2n) is 4.94. The van der Waals surface area contributed by atoms with E-state index in [-0.39, 0.29) is 5.91 Å². The second kappa shape index (κ2) is 6.36. The average Bonchev–Trinajstić information content (AvgIpc) is 2.60. The van der Waals surface area contributed by atoms with Crippen LogP contribution in [0, 0.1) is 0 Å². The molecule has 0 atom stereocenters. The van der Waals surface area contributed by atoms with Gasteiger partial charge in [-0.1, -0.05) is 12.1 Å². The number of benzene rings is 2. The molecule has 5 nitrogen and oxygen atoms in total. The lowest BCUT2D eigenvalue weighted by Gasteiger charge is -2.08. The van der Waals surface area contributed by atoms with Crippen molar-refractivity contribution in [2.75, 3.05) is 19.5 Å². The minimum absolute atomic E-state index is 0.268. The van der Waals surface area contributed by atoms with Gasteiger partial charge in [0.2, 0.25) is 0 Å². The first-order valence-electron chi connectivity index (χ1n) is 7.10. The maximum absolute atomic E-state index is 12.3. The fourth-order valence-corrected chi connectivity index (χ4v) is 2.25. The Hall–Kier alpha value is -3.08. The van der Waals surface area contributed by atoms with Crippen molar-refractivity contribution in [2.24, 2.45) is 0 Å². The molecule has 0 fully saturated rings. The van der Waals surface area contributed by atoms with Gasteiger partial charge in [0, 0.05) is 17.1 Å². The van der Waals surface area contributed by atoms with Crippen LogP contribution >= 0.6 is 0 Å². The zero-order valence-electron chi connectivity index (χ0n) is 12.9. The van der Waals surface area contributed by atoms with Gasteiger partial charge in [-0.2, -0.15) is 0 Å². The molecule has 1 amide bonds. The molecule has 2 aromatic carbocycles. The Morgan fingerprint density at radius 3 is 2.52 bits per heavy atom. The molecular formula is C18H16N2O3. The molecule has 0 aliphatic rings. The van der Waals surface area contributed by atoms with E-state index >= 15 is 0 Å². The Morgan fingerprint density at radius 2 is 1.74 bits per heavy atom. The summed E-state index contributed by atoms with van der Waals surface area (Å²) in [6.45, 7) is 0. The fraction of sp³-hybridized carbons (Fsp3) is 0.111. The Balaban J connectivity index is 1.85. The molecule has 0 bridgehead atoms. The summed E-state index contributed by atoms with van der Waals surface area (Å²) in [7, 11) is 3.20. The van der Waals surface area contributed by atoms with Gasteiger partial charge in [-0.15, -0.1) is 0 Å². The van der Waals surface area contributed by atoms with Crippen molar-refractivity contribution in [1.29, 1.82) is 0 Å². The van der Waals surface area contributed by atoms with E-state index in [9.17, 15) is 4.79 Å². The number of pyridine rings is 1. The van der Waals surface area contributed by atoms with Crippen molar-refractivity contribution in [3.8, 4) is 11.5 Å². The average molecular weight is 308 g/mol. The van der Waals surface area contributed by atoms with Gasteiger partial charge in [-0.3, -0.25) is 4.79 Å². The minimum Gasteiger partial charge on any atom is -0.497 e. The third-order valence-corrected chi connectivity index (χ3v) is 3.46. The van der Waals surface area contributed by atoms with Gasteiger partial charge in [0.15, 0.2) is 0 Å². The van der Waals surface area contributed by atoms with Crippen LogP contribution in [0.5, 0.6) is 11.5 Å². The Labute approximate surface area is 133 Å². The molecule has 3 rings (SSSR count). The maximum Gasteiger partial charge on any atom is 0.274 e. The quantitative estimate of drug-likeness (QED) is 0.801. The van der Waals surface area contributed by atoms with Gasteiger partial charge in [-0.25, -0.2) is 4.98 Å². The molecule has 0 saturated carbocycles. The molecular weight excluding hydrogens is 292 g/mol. The molecule has 0 unspecified atom stereocenters. The van der Waals surface area contributed by atoms with Crippen molar-refractivity contribution in [2.45, 2.75) is 0 Å². The monoisotopic (exact) mass is 308 g/mol. The summed E-state index contributed by atoms with van der Waals surface area (Å²) in [4.78, 5) is 16.7. The third-order valence-electron chi connectivity index (χ3n) is 3.46. The Bertz CT molecular complexity index is 862. The standard InChI is InChI=1S/C18H16N2O3/c1-22-14-5-3-4-13(11-14)19-18(21)17-8-6-12-10-15(23-2)7-9-16(12)20-17/h3-11H,1-2H3,(H,19,21).